The number of carbonyl (C=O) groups excluding carboxylic acids is 1. The molecule has 0 saturated heterocycles. The summed E-state index contributed by atoms with van der Waals surface area (Å²) in [6.45, 7) is 5.29. The molecule has 4 aliphatic carbocycles. The standard InChI is InChI=1S/C22H36O3/c1-20(24)10-11-22(14-25-3)15(12-20)4-6-17-18-7-5-16(13-23)21(18,2)9-8-19(17)22/h13,15-19,24H,4-12,14H2,1-3H3/t15-,16-,17+,18+,19+,20-,21?,22?/m1/s1. The molecule has 4 fully saturated rings. The van der Waals surface area contributed by atoms with Crippen LogP contribution in [0.2, 0.25) is 0 Å². The zero-order valence-electron chi connectivity index (χ0n) is 16.3. The highest BCUT2D eigenvalue weighted by Crippen LogP contribution is 2.67. The number of rotatable bonds is 3. The van der Waals surface area contributed by atoms with Crippen molar-refractivity contribution in [2.45, 2.75) is 77.2 Å². The van der Waals surface area contributed by atoms with E-state index in [4.69, 9.17) is 4.74 Å². The number of carbonyl (C=O) groups is 1. The molecule has 0 aromatic rings. The third kappa shape index (κ3) is 2.56. The van der Waals surface area contributed by atoms with Crippen molar-refractivity contribution in [2.24, 2.45) is 40.4 Å². The van der Waals surface area contributed by atoms with Crippen LogP contribution in [0.4, 0.5) is 0 Å². The zero-order chi connectivity index (χ0) is 17.9. The third-order valence-corrected chi connectivity index (χ3v) is 9.30. The Balaban J connectivity index is 1.65. The molecule has 0 heterocycles. The number of methoxy groups -OCH3 is 1. The molecule has 25 heavy (non-hydrogen) atoms. The fourth-order valence-corrected chi connectivity index (χ4v) is 8.05. The van der Waals surface area contributed by atoms with Crippen LogP contribution in [0.3, 0.4) is 0 Å². The molecule has 142 valence electrons. The van der Waals surface area contributed by atoms with Gasteiger partial charge in [-0.1, -0.05) is 6.92 Å². The van der Waals surface area contributed by atoms with E-state index in [1.54, 1.807) is 0 Å². The fourth-order valence-electron chi connectivity index (χ4n) is 8.05. The Kier molecular flexibility index (Phi) is 4.35. The predicted molar refractivity (Wildman–Crippen MR) is 98.1 cm³/mol. The SMILES string of the molecule is COCC12CC[C@@](C)(O)C[C@H]1CC[C@H]1[C@@H]3CC[C@H](C=O)C3(C)CC[C@@H]12. The molecule has 0 aromatic heterocycles. The summed E-state index contributed by atoms with van der Waals surface area (Å²) in [6.07, 6.45) is 11.6. The van der Waals surface area contributed by atoms with Crippen LogP contribution in [-0.2, 0) is 9.53 Å². The van der Waals surface area contributed by atoms with Gasteiger partial charge in [0.15, 0.2) is 0 Å². The number of aldehydes is 1. The molecule has 0 aliphatic heterocycles. The summed E-state index contributed by atoms with van der Waals surface area (Å²) in [4.78, 5) is 11.6. The summed E-state index contributed by atoms with van der Waals surface area (Å²) >= 11 is 0. The average molecular weight is 349 g/mol. The second-order valence-corrected chi connectivity index (χ2v) is 10.4. The molecule has 4 aliphatic rings. The molecular weight excluding hydrogens is 312 g/mol. The molecule has 3 heteroatoms. The predicted octanol–water partition coefficient (Wildman–Crippen LogP) is 4.22. The molecule has 8 atom stereocenters. The van der Waals surface area contributed by atoms with Crippen LogP contribution >= 0.6 is 0 Å². The Bertz CT molecular complexity index is 529. The van der Waals surface area contributed by atoms with Gasteiger partial charge in [-0.25, -0.2) is 0 Å². The van der Waals surface area contributed by atoms with Crippen molar-refractivity contribution < 1.29 is 14.6 Å². The van der Waals surface area contributed by atoms with Gasteiger partial charge >= 0.3 is 0 Å². The van der Waals surface area contributed by atoms with Crippen LogP contribution in [0.15, 0.2) is 0 Å². The highest BCUT2D eigenvalue weighted by molar-refractivity contribution is 5.56. The Morgan fingerprint density at radius 2 is 1.84 bits per heavy atom. The van der Waals surface area contributed by atoms with Gasteiger partial charge in [0.05, 0.1) is 12.2 Å². The van der Waals surface area contributed by atoms with E-state index in [1.165, 1.54) is 38.4 Å². The van der Waals surface area contributed by atoms with Gasteiger partial charge in [0.2, 0.25) is 0 Å². The van der Waals surface area contributed by atoms with E-state index in [-0.39, 0.29) is 16.7 Å². The van der Waals surface area contributed by atoms with Crippen LogP contribution in [0.5, 0.6) is 0 Å². The first-order valence-electron chi connectivity index (χ1n) is 10.5. The summed E-state index contributed by atoms with van der Waals surface area (Å²) in [5, 5.41) is 10.7. The van der Waals surface area contributed by atoms with Crippen LogP contribution in [0, 0.1) is 40.4 Å². The van der Waals surface area contributed by atoms with E-state index in [9.17, 15) is 9.90 Å². The summed E-state index contributed by atoms with van der Waals surface area (Å²) < 4.78 is 5.80. The number of ether oxygens (including phenoxy) is 1. The van der Waals surface area contributed by atoms with E-state index in [0.717, 1.165) is 50.0 Å². The lowest BCUT2D eigenvalue weighted by Gasteiger charge is -2.62. The highest BCUT2D eigenvalue weighted by Gasteiger charge is 2.62. The Morgan fingerprint density at radius 1 is 1.04 bits per heavy atom. The summed E-state index contributed by atoms with van der Waals surface area (Å²) in [6, 6.07) is 0. The molecule has 1 N–H and O–H groups in total. The van der Waals surface area contributed by atoms with Crippen molar-refractivity contribution in [3.8, 4) is 0 Å². The van der Waals surface area contributed by atoms with Gasteiger partial charge in [-0.2, -0.15) is 0 Å². The van der Waals surface area contributed by atoms with E-state index in [1.807, 2.05) is 14.0 Å². The van der Waals surface area contributed by atoms with Crippen LogP contribution < -0.4 is 0 Å². The lowest BCUT2D eigenvalue weighted by atomic mass is 9.43. The smallest absolute Gasteiger partial charge is 0.123 e. The van der Waals surface area contributed by atoms with E-state index < -0.39 is 5.60 Å². The maximum absolute atomic E-state index is 11.6. The number of fused-ring (bicyclic) bond motifs is 5. The first-order chi connectivity index (χ1) is 11.9. The van der Waals surface area contributed by atoms with Gasteiger partial charge in [-0.15, -0.1) is 0 Å². The van der Waals surface area contributed by atoms with Gasteiger partial charge in [-0.05, 0) is 99.2 Å². The normalized spacial score (nSPS) is 55.1. The zero-order valence-corrected chi connectivity index (χ0v) is 16.3. The minimum atomic E-state index is -0.492. The lowest BCUT2D eigenvalue weighted by Crippen LogP contribution is -2.58. The summed E-state index contributed by atoms with van der Waals surface area (Å²) in [7, 11) is 1.85. The molecule has 4 rings (SSSR count). The van der Waals surface area contributed by atoms with Gasteiger partial charge in [0, 0.05) is 13.0 Å². The average Bonchev–Trinajstić information content (AvgIpc) is 2.91. The minimum absolute atomic E-state index is 0.240. The lowest BCUT2D eigenvalue weighted by molar-refractivity contribution is -0.174. The molecule has 2 unspecified atom stereocenters. The Labute approximate surface area is 152 Å². The first kappa shape index (κ1) is 18.0. The third-order valence-electron chi connectivity index (χ3n) is 9.30. The van der Waals surface area contributed by atoms with Crippen LogP contribution in [-0.4, -0.2) is 30.7 Å². The minimum Gasteiger partial charge on any atom is -0.390 e. The van der Waals surface area contributed by atoms with Gasteiger partial charge in [0.1, 0.15) is 6.29 Å². The number of aliphatic hydroxyl groups is 1. The van der Waals surface area contributed by atoms with Crippen LogP contribution in [0.25, 0.3) is 0 Å². The van der Waals surface area contributed by atoms with Crippen molar-refractivity contribution in [1.29, 1.82) is 0 Å². The van der Waals surface area contributed by atoms with Crippen molar-refractivity contribution >= 4 is 6.29 Å². The van der Waals surface area contributed by atoms with Crippen molar-refractivity contribution in [3.05, 3.63) is 0 Å². The molecule has 3 nitrogen and oxygen atoms in total. The van der Waals surface area contributed by atoms with E-state index in [2.05, 4.69) is 6.92 Å². The topological polar surface area (TPSA) is 46.5 Å². The highest BCUT2D eigenvalue weighted by atomic mass is 16.5. The van der Waals surface area contributed by atoms with Crippen molar-refractivity contribution in [2.75, 3.05) is 13.7 Å². The molecule has 0 radical (unpaired) electrons. The van der Waals surface area contributed by atoms with Crippen molar-refractivity contribution in [1.82, 2.24) is 0 Å². The molecule has 4 saturated carbocycles. The Morgan fingerprint density at radius 3 is 2.56 bits per heavy atom. The molecular formula is C22H36O3. The van der Waals surface area contributed by atoms with Crippen molar-refractivity contribution in [3.63, 3.8) is 0 Å². The first-order valence-corrected chi connectivity index (χ1v) is 10.5. The Hall–Kier alpha value is -0.410. The van der Waals surface area contributed by atoms with E-state index in [0.29, 0.717) is 5.92 Å². The van der Waals surface area contributed by atoms with Gasteiger partial charge in [-0.3, -0.25) is 0 Å². The number of hydrogen-bond donors (Lipinski definition) is 1. The second kappa shape index (κ2) is 6.05. The molecule has 0 spiro atoms. The van der Waals surface area contributed by atoms with Gasteiger partial charge in [0.25, 0.3) is 0 Å². The largest absolute Gasteiger partial charge is 0.390 e. The summed E-state index contributed by atoms with van der Waals surface area (Å²) in [5.41, 5.74) is 0.0125. The molecule has 0 amide bonds. The van der Waals surface area contributed by atoms with E-state index >= 15 is 0 Å². The maximum atomic E-state index is 11.6. The number of hydrogen-bond acceptors (Lipinski definition) is 3. The second-order valence-electron chi connectivity index (χ2n) is 10.4. The quantitative estimate of drug-likeness (QED) is 0.777. The van der Waals surface area contributed by atoms with Gasteiger partial charge < -0.3 is 14.6 Å². The maximum Gasteiger partial charge on any atom is 0.123 e. The van der Waals surface area contributed by atoms with Crippen LogP contribution in [0.1, 0.15) is 71.6 Å². The molecule has 0 bridgehead atoms. The summed E-state index contributed by atoms with van der Waals surface area (Å²) in [5.74, 6) is 3.09. The fraction of sp³-hybridized carbons (Fsp3) is 0.955. The monoisotopic (exact) mass is 348 g/mol. The molecule has 0 aromatic carbocycles.